The second-order valence-electron chi connectivity index (χ2n) is 21.0. The van der Waals surface area contributed by atoms with Gasteiger partial charge < -0.3 is 9.13 Å². The summed E-state index contributed by atoms with van der Waals surface area (Å²) in [4.78, 5) is 0. The maximum atomic E-state index is 2.46. The molecule has 0 unspecified atom stereocenters. The van der Waals surface area contributed by atoms with Crippen LogP contribution in [0.15, 0.2) is 279 Å². The summed E-state index contributed by atoms with van der Waals surface area (Å²) in [5.41, 5.74) is 17.2. The summed E-state index contributed by atoms with van der Waals surface area (Å²) < 4.78 is 7.39. The van der Waals surface area contributed by atoms with Crippen LogP contribution in [-0.2, 0) is 0 Å². The quantitative estimate of drug-likeness (QED) is 0.147. The Bertz CT molecular complexity index is 5250. The number of aromatic nitrogens is 2. The molecule has 0 aliphatic heterocycles. The lowest BCUT2D eigenvalue weighted by Gasteiger charge is -2.18. The number of fused-ring (bicyclic) bond motifs is 13. The van der Waals surface area contributed by atoms with Crippen LogP contribution in [0.25, 0.3) is 163 Å². The van der Waals surface area contributed by atoms with Crippen molar-refractivity contribution in [3.8, 4) is 55.9 Å². The minimum atomic E-state index is 1.17. The molecule has 0 aliphatic rings. The number of hydrogen-bond acceptors (Lipinski definition) is 1. The van der Waals surface area contributed by atoms with E-state index in [-0.39, 0.29) is 0 Å². The maximum absolute atomic E-state index is 2.46. The van der Waals surface area contributed by atoms with Crippen molar-refractivity contribution >= 4 is 118 Å². The maximum Gasteiger partial charge on any atom is 0.0541 e. The molecule has 0 fully saturated rings. The largest absolute Gasteiger partial charge is 0.309 e. The number of hydrogen-bond donors (Lipinski definition) is 0. The highest BCUT2D eigenvalue weighted by Crippen LogP contribution is 2.51. The van der Waals surface area contributed by atoms with Gasteiger partial charge in [0.25, 0.3) is 0 Å². The summed E-state index contributed by atoms with van der Waals surface area (Å²) in [6.07, 6.45) is 0. The van der Waals surface area contributed by atoms with Gasteiger partial charge in [0.1, 0.15) is 0 Å². The second kappa shape index (κ2) is 17.2. The monoisotopic (exact) mass is 1020 g/mol. The van der Waals surface area contributed by atoms with Crippen molar-refractivity contribution < 1.29 is 0 Å². The molecule has 0 saturated carbocycles. The Morgan fingerprint density at radius 2 is 0.557 bits per heavy atom. The molecule has 0 bridgehead atoms. The zero-order chi connectivity index (χ0) is 51.7. The third-order valence-corrected chi connectivity index (χ3v) is 18.1. The lowest BCUT2D eigenvalue weighted by atomic mass is 9.85. The molecular weight excluding hydrogens is 973 g/mol. The highest BCUT2D eigenvalue weighted by molar-refractivity contribution is 7.26. The standard InChI is InChI=1S/C76H46N2S/c1-3-20-50(21-4-1)77-67-36-17-15-24-52(67)65-44-47(39-42-69(65)77)72-55-26-7-9-28-57(55)74(58-29-10-8-27-56(58)72)49-38-41-54-63-34-19-35-64(76(63)79-71(54)46-49)75-61-32-13-11-30-59(61)73(60-31-12-14-33-62(60)75)48-40-43-70-66(45-48)53-25-16-18-37-68(53)78(70)51-22-5-2-6-23-51/h1-46H. The van der Waals surface area contributed by atoms with Gasteiger partial charge in [-0.2, -0.15) is 0 Å². The van der Waals surface area contributed by atoms with Crippen LogP contribution in [0.2, 0.25) is 0 Å². The lowest BCUT2D eigenvalue weighted by molar-refractivity contribution is 1.18. The van der Waals surface area contributed by atoms with E-state index < -0.39 is 0 Å². The minimum absolute atomic E-state index is 1.17. The summed E-state index contributed by atoms with van der Waals surface area (Å²) in [7, 11) is 0. The molecule has 3 aromatic heterocycles. The van der Waals surface area contributed by atoms with Gasteiger partial charge in [0.15, 0.2) is 0 Å². The van der Waals surface area contributed by atoms with Gasteiger partial charge in [-0.25, -0.2) is 0 Å². The molecule has 3 heterocycles. The normalized spacial score (nSPS) is 12.1. The van der Waals surface area contributed by atoms with Crippen molar-refractivity contribution in [2.75, 3.05) is 0 Å². The van der Waals surface area contributed by atoms with Gasteiger partial charge in [-0.15, -0.1) is 11.3 Å². The van der Waals surface area contributed by atoms with Crippen LogP contribution in [0.1, 0.15) is 0 Å². The summed E-state index contributed by atoms with van der Waals surface area (Å²) in [5.74, 6) is 0. The third kappa shape index (κ3) is 6.51. The van der Waals surface area contributed by atoms with Crippen LogP contribution in [0.5, 0.6) is 0 Å². The van der Waals surface area contributed by atoms with Crippen molar-refractivity contribution in [3.63, 3.8) is 0 Å². The van der Waals surface area contributed by atoms with E-state index in [1.807, 2.05) is 11.3 Å². The highest BCUT2D eigenvalue weighted by atomic mass is 32.1. The Labute approximate surface area is 459 Å². The van der Waals surface area contributed by atoms with Crippen molar-refractivity contribution in [1.82, 2.24) is 9.13 Å². The highest BCUT2D eigenvalue weighted by Gasteiger charge is 2.23. The first kappa shape index (κ1) is 44.1. The van der Waals surface area contributed by atoms with Crippen LogP contribution in [-0.4, -0.2) is 9.13 Å². The van der Waals surface area contributed by atoms with Crippen molar-refractivity contribution in [3.05, 3.63) is 279 Å². The van der Waals surface area contributed by atoms with E-state index in [4.69, 9.17) is 0 Å². The van der Waals surface area contributed by atoms with Crippen LogP contribution in [0, 0.1) is 0 Å². The Hall–Kier alpha value is -10.1. The summed E-state index contributed by atoms with van der Waals surface area (Å²) in [5, 5.41) is 17.6. The number of benzene rings is 14. The molecule has 0 radical (unpaired) electrons. The third-order valence-electron chi connectivity index (χ3n) is 16.9. The predicted octanol–water partition coefficient (Wildman–Crippen LogP) is 21.5. The topological polar surface area (TPSA) is 9.86 Å². The lowest BCUT2D eigenvalue weighted by Crippen LogP contribution is -1.93. The van der Waals surface area contributed by atoms with Crippen molar-refractivity contribution in [2.24, 2.45) is 0 Å². The molecule has 2 nitrogen and oxygen atoms in total. The van der Waals surface area contributed by atoms with Crippen LogP contribution < -0.4 is 0 Å². The smallest absolute Gasteiger partial charge is 0.0541 e. The molecule has 366 valence electrons. The molecule has 0 saturated heterocycles. The van der Waals surface area contributed by atoms with E-state index in [1.54, 1.807) is 0 Å². The first-order valence-corrected chi connectivity index (χ1v) is 28.1. The fourth-order valence-corrected chi connectivity index (χ4v) is 14.9. The zero-order valence-corrected chi connectivity index (χ0v) is 43.7. The Kier molecular flexibility index (Phi) is 9.62. The summed E-state index contributed by atoms with van der Waals surface area (Å²) in [6.45, 7) is 0. The van der Waals surface area contributed by atoms with Gasteiger partial charge in [0.05, 0.1) is 22.1 Å². The fourth-order valence-electron chi connectivity index (χ4n) is 13.6. The first-order chi connectivity index (χ1) is 39.2. The molecule has 14 aromatic carbocycles. The number of rotatable bonds is 6. The summed E-state index contributed by atoms with van der Waals surface area (Å²) >= 11 is 1.92. The average molecular weight is 1020 g/mol. The van der Waals surface area contributed by atoms with E-state index in [0.29, 0.717) is 0 Å². The SMILES string of the molecule is c1ccc(-n2c3ccccc3c3cc(-c4c5ccccc5c(-c5ccc6c(c5)sc5c(-c7c8ccccc8c(-c8ccc9c(c8)c8ccccc8n9-c8ccccc8)c8ccccc78)cccc56)c5ccccc45)ccc32)cc1. The van der Waals surface area contributed by atoms with Gasteiger partial charge in [0, 0.05) is 58.7 Å². The van der Waals surface area contributed by atoms with E-state index >= 15 is 0 Å². The second-order valence-corrected chi connectivity index (χ2v) is 22.1. The average Bonchev–Trinajstić information content (AvgIpc) is 4.39. The Balaban J connectivity index is 0.837. The molecule has 17 aromatic rings. The molecule has 0 aliphatic carbocycles. The van der Waals surface area contributed by atoms with Crippen LogP contribution >= 0.6 is 11.3 Å². The number of thiophene rings is 1. The minimum Gasteiger partial charge on any atom is -0.309 e. The zero-order valence-electron chi connectivity index (χ0n) is 42.9. The number of para-hydroxylation sites is 4. The molecule has 3 heteroatoms. The van der Waals surface area contributed by atoms with Gasteiger partial charge in [-0.3, -0.25) is 0 Å². The van der Waals surface area contributed by atoms with Crippen LogP contribution in [0.3, 0.4) is 0 Å². The van der Waals surface area contributed by atoms with Gasteiger partial charge >= 0.3 is 0 Å². The Morgan fingerprint density at radius 3 is 1.00 bits per heavy atom. The molecule has 0 spiro atoms. The molecule has 0 N–H and O–H groups in total. The summed E-state index contributed by atoms with van der Waals surface area (Å²) in [6, 6.07) is 104. The van der Waals surface area contributed by atoms with E-state index in [9.17, 15) is 0 Å². The fraction of sp³-hybridized carbons (Fsp3) is 0. The molecule has 0 amide bonds. The number of nitrogens with zero attached hydrogens (tertiary/aromatic N) is 2. The van der Waals surface area contributed by atoms with E-state index in [2.05, 4.69) is 288 Å². The Morgan fingerprint density at radius 1 is 0.215 bits per heavy atom. The molecule has 17 rings (SSSR count). The molecule has 0 atom stereocenters. The van der Waals surface area contributed by atoms with Crippen molar-refractivity contribution in [1.29, 1.82) is 0 Å². The molecular formula is C76H46N2S. The van der Waals surface area contributed by atoms with Crippen molar-refractivity contribution in [2.45, 2.75) is 0 Å². The van der Waals surface area contributed by atoms with E-state index in [0.717, 1.165) is 0 Å². The molecule has 79 heavy (non-hydrogen) atoms. The van der Waals surface area contributed by atoms with Gasteiger partial charge in [-0.1, -0.05) is 212 Å². The predicted molar refractivity (Wildman–Crippen MR) is 340 cm³/mol. The van der Waals surface area contributed by atoms with Crippen LogP contribution in [0.4, 0.5) is 0 Å². The first-order valence-electron chi connectivity index (χ1n) is 27.2. The van der Waals surface area contributed by atoms with Gasteiger partial charge in [0.2, 0.25) is 0 Å². The van der Waals surface area contributed by atoms with Gasteiger partial charge in [-0.05, 0) is 149 Å². The van der Waals surface area contributed by atoms with E-state index in [1.165, 1.54) is 163 Å².